The third kappa shape index (κ3) is 4.64. The first kappa shape index (κ1) is 19.8. The molecule has 0 unspecified atom stereocenters. The highest BCUT2D eigenvalue weighted by Gasteiger charge is 2.22. The van der Waals surface area contributed by atoms with E-state index >= 15 is 0 Å². The van der Waals surface area contributed by atoms with Gasteiger partial charge in [0, 0.05) is 44.4 Å². The maximum absolute atomic E-state index is 13.4. The molecule has 0 atom stereocenters. The number of nitrogens with zero attached hydrogens (tertiary/aromatic N) is 3. The summed E-state index contributed by atoms with van der Waals surface area (Å²) in [5.41, 5.74) is 1.11. The Kier molecular flexibility index (Phi) is 6.20. The summed E-state index contributed by atoms with van der Waals surface area (Å²) in [5, 5.41) is 11.2. The van der Waals surface area contributed by atoms with E-state index in [0.717, 1.165) is 18.5 Å². The number of carbonyl (C=O) groups is 1. The number of nitro benzene ring substituents is 1. The summed E-state index contributed by atoms with van der Waals surface area (Å²) in [5.74, 6) is -0.374. The van der Waals surface area contributed by atoms with E-state index in [0.29, 0.717) is 31.7 Å². The molecule has 0 N–H and O–H groups in total. The van der Waals surface area contributed by atoms with E-state index in [4.69, 9.17) is 4.74 Å². The molecule has 0 aromatic heterocycles. The van der Waals surface area contributed by atoms with Crippen molar-refractivity contribution in [2.75, 3.05) is 33.3 Å². The van der Waals surface area contributed by atoms with Crippen molar-refractivity contribution < 1.29 is 18.8 Å². The minimum atomic E-state index is -0.454. The minimum absolute atomic E-state index is 0.0577. The zero-order chi connectivity index (χ0) is 20.1. The summed E-state index contributed by atoms with van der Waals surface area (Å²) in [4.78, 5) is 27.2. The normalized spacial score (nSPS) is 15.1. The molecule has 1 aliphatic rings. The van der Waals surface area contributed by atoms with E-state index in [1.807, 2.05) is 6.07 Å². The summed E-state index contributed by atoms with van der Waals surface area (Å²) < 4.78 is 18.4. The van der Waals surface area contributed by atoms with E-state index in [2.05, 4.69) is 4.90 Å². The average molecular weight is 387 g/mol. The molecule has 2 aromatic carbocycles. The molecule has 8 heteroatoms. The fourth-order valence-electron chi connectivity index (χ4n) is 3.37. The molecule has 1 aliphatic heterocycles. The first-order valence-electron chi connectivity index (χ1n) is 9.06. The highest BCUT2D eigenvalue weighted by atomic mass is 19.1. The number of amides is 1. The van der Waals surface area contributed by atoms with Crippen molar-refractivity contribution in [2.24, 2.45) is 0 Å². The molecule has 148 valence electrons. The van der Waals surface area contributed by atoms with Gasteiger partial charge in [0.15, 0.2) is 5.75 Å². The van der Waals surface area contributed by atoms with Crippen molar-refractivity contribution >= 4 is 11.6 Å². The molecule has 1 amide bonds. The van der Waals surface area contributed by atoms with Crippen molar-refractivity contribution in [2.45, 2.75) is 13.0 Å². The van der Waals surface area contributed by atoms with Crippen LogP contribution in [0.4, 0.5) is 10.1 Å². The molecular formula is C20H22FN3O4. The molecule has 1 saturated heterocycles. The number of hydrogen-bond acceptors (Lipinski definition) is 5. The monoisotopic (exact) mass is 387 g/mol. The number of hydrogen-bond donors (Lipinski definition) is 0. The predicted octanol–water partition coefficient (Wildman–Crippen LogP) is 3.09. The van der Waals surface area contributed by atoms with Crippen molar-refractivity contribution in [1.29, 1.82) is 0 Å². The number of nitro groups is 1. The van der Waals surface area contributed by atoms with Crippen LogP contribution in [0.15, 0.2) is 42.5 Å². The second-order valence-corrected chi connectivity index (χ2v) is 6.70. The lowest BCUT2D eigenvalue weighted by Crippen LogP contribution is -2.35. The molecule has 1 heterocycles. The van der Waals surface area contributed by atoms with Crippen LogP contribution in [0.5, 0.6) is 5.75 Å². The lowest BCUT2D eigenvalue weighted by atomic mass is 10.1. The lowest BCUT2D eigenvalue weighted by Gasteiger charge is -2.22. The van der Waals surface area contributed by atoms with Gasteiger partial charge in [-0.15, -0.1) is 0 Å². The largest absolute Gasteiger partial charge is 0.490 e. The summed E-state index contributed by atoms with van der Waals surface area (Å²) in [7, 11) is 1.40. The fourth-order valence-corrected chi connectivity index (χ4v) is 3.37. The molecule has 0 spiro atoms. The topological polar surface area (TPSA) is 75.9 Å². The highest BCUT2D eigenvalue weighted by Crippen LogP contribution is 2.28. The number of carbonyl (C=O) groups excluding carboxylic acids is 1. The maximum atomic E-state index is 13.4. The third-order valence-corrected chi connectivity index (χ3v) is 4.79. The zero-order valence-corrected chi connectivity index (χ0v) is 15.6. The summed E-state index contributed by atoms with van der Waals surface area (Å²) in [6.07, 6.45) is 0.777. The molecule has 28 heavy (non-hydrogen) atoms. The van der Waals surface area contributed by atoms with Gasteiger partial charge in [-0.25, -0.2) is 4.39 Å². The SMILES string of the molecule is COc1ccc(CN2CCCN(C(=O)c3cccc(F)c3)CC2)cc1[N+](=O)[O-]. The van der Waals surface area contributed by atoms with Gasteiger partial charge in [-0.2, -0.15) is 0 Å². The molecule has 2 aromatic rings. The Labute approximate surface area is 162 Å². The third-order valence-electron chi connectivity index (χ3n) is 4.79. The van der Waals surface area contributed by atoms with Crippen LogP contribution < -0.4 is 4.74 Å². The number of rotatable bonds is 5. The number of halogens is 1. The van der Waals surface area contributed by atoms with Crippen molar-refractivity contribution in [3.05, 3.63) is 69.5 Å². The van der Waals surface area contributed by atoms with Gasteiger partial charge in [0.2, 0.25) is 0 Å². The van der Waals surface area contributed by atoms with Crippen molar-refractivity contribution in [3.8, 4) is 5.75 Å². The van der Waals surface area contributed by atoms with Gasteiger partial charge in [0.05, 0.1) is 12.0 Å². The van der Waals surface area contributed by atoms with E-state index in [1.54, 1.807) is 17.0 Å². The first-order chi connectivity index (χ1) is 13.5. The Morgan fingerprint density at radius 3 is 2.71 bits per heavy atom. The van der Waals surface area contributed by atoms with Crippen LogP contribution in [-0.4, -0.2) is 53.9 Å². The smallest absolute Gasteiger partial charge is 0.311 e. The van der Waals surface area contributed by atoms with Gasteiger partial charge in [-0.1, -0.05) is 12.1 Å². The Morgan fingerprint density at radius 1 is 1.18 bits per heavy atom. The van der Waals surface area contributed by atoms with Gasteiger partial charge in [0.1, 0.15) is 5.82 Å². The van der Waals surface area contributed by atoms with Crippen LogP contribution in [0, 0.1) is 15.9 Å². The van der Waals surface area contributed by atoms with Gasteiger partial charge in [-0.05, 0) is 36.2 Å². The zero-order valence-electron chi connectivity index (χ0n) is 15.6. The Balaban J connectivity index is 1.65. The van der Waals surface area contributed by atoms with E-state index in [1.165, 1.54) is 31.4 Å². The van der Waals surface area contributed by atoms with E-state index < -0.39 is 10.7 Å². The Bertz CT molecular complexity index is 874. The first-order valence-corrected chi connectivity index (χ1v) is 9.06. The van der Waals surface area contributed by atoms with Gasteiger partial charge >= 0.3 is 5.69 Å². The molecular weight excluding hydrogens is 365 g/mol. The quantitative estimate of drug-likeness (QED) is 0.582. The number of ether oxygens (including phenoxy) is 1. The van der Waals surface area contributed by atoms with Gasteiger partial charge in [0.25, 0.3) is 5.91 Å². The van der Waals surface area contributed by atoms with E-state index in [9.17, 15) is 19.3 Å². The number of benzene rings is 2. The van der Waals surface area contributed by atoms with Crippen molar-refractivity contribution in [3.63, 3.8) is 0 Å². The van der Waals surface area contributed by atoms with Crippen LogP contribution >= 0.6 is 0 Å². The van der Waals surface area contributed by atoms with Crippen LogP contribution in [0.1, 0.15) is 22.3 Å². The Morgan fingerprint density at radius 2 is 2.00 bits per heavy atom. The van der Waals surface area contributed by atoms with Crippen LogP contribution in [0.25, 0.3) is 0 Å². The highest BCUT2D eigenvalue weighted by molar-refractivity contribution is 5.94. The van der Waals surface area contributed by atoms with Crippen LogP contribution in [0.2, 0.25) is 0 Å². The van der Waals surface area contributed by atoms with Gasteiger partial charge in [-0.3, -0.25) is 19.8 Å². The van der Waals surface area contributed by atoms with E-state index in [-0.39, 0.29) is 17.3 Å². The van der Waals surface area contributed by atoms with Crippen LogP contribution in [0.3, 0.4) is 0 Å². The Hall–Kier alpha value is -3.00. The van der Waals surface area contributed by atoms with Crippen molar-refractivity contribution in [1.82, 2.24) is 9.80 Å². The minimum Gasteiger partial charge on any atom is -0.490 e. The molecule has 1 fully saturated rings. The fraction of sp³-hybridized carbons (Fsp3) is 0.350. The second-order valence-electron chi connectivity index (χ2n) is 6.70. The summed E-state index contributed by atoms with van der Waals surface area (Å²) in [6.45, 7) is 3.07. The molecule has 0 saturated carbocycles. The van der Waals surface area contributed by atoms with Gasteiger partial charge < -0.3 is 9.64 Å². The molecule has 0 bridgehead atoms. The summed E-state index contributed by atoms with van der Waals surface area (Å²) >= 11 is 0. The number of methoxy groups -OCH3 is 1. The molecule has 0 radical (unpaired) electrons. The standard InChI is InChI=1S/C20H22FN3O4/c1-28-19-7-6-15(12-18(19)24(26)27)14-22-8-3-9-23(11-10-22)20(25)16-4-2-5-17(21)13-16/h2,4-7,12-13H,3,8-11,14H2,1H3. The maximum Gasteiger partial charge on any atom is 0.311 e. The molecule has 3 rings (SSSR count). The average Bonchev–Trinajstić information content (AvgIpc) is 2.93. The predicted molar refractivity (Wildman–Crippen MR) is 102 cm³/mol. The molecule has 0 aliphatic carbocycles. The molecule has 7 nitrogen and oxygen atoms in total. The summed E-state index contributed by atoms with van der Waals surface area (Å²) in [6, 6.07) is 10.7. The lowest BCUT2D eigenvalue weighted by molar-refractivity contribution is -0.385. The second kappa shape index (κ2) is 8.79. The van der Waals surface area contributed by atoms with Crippen LogP contribution in [-0.2, 0) is 6.54 Å².